The van der Waals surface area contributed by atoms with E-state index in [2.05, 4.69) is 20.1 Å². The first kappa shape index (κ1) is 23.2. The third-order valence-electron chi connectivity index (χ3n) is 5.75. The number of H-pyrrole nitrogens is 1. The van der Waals surface area contributed by atoms with Crippen molar-refractivity contribution in [3.8, 4) is 11.3 Å². The molecule has 176 valence electrons. The predicted molar refractivity (Wildman–Crippen MR) is 118 cm³/mol. The molecule has 0 saturated carbocycles. The van der Waals surface area contributed by atoms with Crippen LogP contribution in [0.25, 0.3) is 11.3 Å². The van der Waals surface area contributed by atoms with E-state index in [0.29, 0.717) is 32.0 Å². The summed E-state index contributed by atoms with van der Waals surface area (Å²) < 4.78 is 61.8. The third-order valence-corrected chi connectivity index (χ3v) is 6.88. The average Bonchev–Trinajstić information content (AvgIpc) is 3.21. The van der Waals surface area contributed by atoms with Gasteiger partial charge in [0.1, 0.15) is 5.82 Å². The van der Waals surface area contributed by atoms with Crippen LogP contribution in [0.1, 0.15) is 18.1 Å². The minimum Gasteiger partial charge on any atom is -0.351 e. The second kappa shape index (κ2) is 8.79. The van der Waals surface area contributed by atoms with Crippen molar-refractivity contribution in [2.75, 3.05) is 30.8 Å². The quantitative estimate of drug-likeness (QED) is 0.602. The lowest BCUT2D eigenvalue weighted by Gasteiger charge is -2.40. The fourth-order valence-corrected chi connectivity index (χ4v) is 4.66. The number of nitrogens with zero attached hydrogens (tertiary/aromatic N) is 4. The Morgan fingerprint density at radius 2 is 1.85 bits per heavy atom. The van der Waals surface area contributed by atoms with Crippen molar-refractivity contribution in [3.63, 3.8) is 0 Å². The molecule has 33 heavy (non-hydrogen) atoms. The van der Waals surface area contributed by atoms with Gasteiger partial charge in [0.05, 0.1) is 16.2 Å². The Kier molecular flexibility index (Phi) is 6.19. The van der Waals surface area contributed by atoms with Crippen LogP contribution in [-0.2, 0) is 22.6 Å². The molecule has 1 aromatic carbocycles. The SMILES string of the molecule is CC1CN(Cc2c[nH]nc2-c2ccc(S(C)(=O)=O)cc2)CCN1c1ccc(C(F)(F)F)cn1. The van der Waals surface area contributed by atoms with Crippen LogP contribution in [0.4, 0.5) is 19.0 Å². The van der Waals surface area contributed by atoms with Gasteiger partial charge in [-0.15, -0.1) is 0 Å². The number of halogens is 3. The number of anilines is 1. The maximum atomic E-state index is 12.8. The van der Waals surface area contributed by atoms with E-state index >= 15 is 0 Å². The number of aromatic nitrogens is 3. The molecular formula is C22H24F3N5O2S. The number of sulfone groups is 1. The minimum absolute atomic E-state index is 0.0624. The van der Waals surface area contributed by atoms with Crippen LogP contribution in [0.2, 0.25) is 0 Å². The Morgan fingerprint density at radius 3 is 2.42 bits per heavy atom. The highest BCUT2D eigenvalue weighted by atomic mass is 32.2. The van der Waals surface area contributed by atoms with Crippen molar-refractivity contribution in [1.29, 1.82) is 0 Å². The highest BCUT2D eigenvalue weighted by Gasteiger charge is 2.32. The summed E-state index contributed by atoms with van der Waals surface area (Å²) in [4.78, 5) is 8.55. The lowest BCUT2D eigenvalue weighted by molar-refractivity contribution is -0.137. The first-order valence-corrected chi connectivity index (χ1v) is 12.3. The van der Waals surface area contributed by atoms with E-state index in [-0.39, 0.29) is 10.9 Å². The lowest BCUT2D eigenvalue weighted by Crippen LogP contribution is -2.51. The van der Waals surface area contributed by atoms with Crippen molar-refractivity contribution in [2.45, 2.75) is 30.6 Å². The highest BCUT2D eigenvalue weighted by molar-refractivity contribution is 7.90. The summed E-state index contributed by atoms with van der Waals surface area (Å²) in [7, 11) is -3.27. The Hall–Kier alpha value is -2.92. The fraction of sp³-hybridized carbons (Fsp3) is 0.364. The van der Waals surface area contributed by atoms with Crippen molar-refractivity contribution >= 4 is 15.7 Å². The van der Waals surface area contributed by atoms with Gasteiger partial charge in [-0.05, 0) is 31.2 Å². The Labute approximate surface area is 190 Å². The standard InChI is InChI=1S/C22H24F3N5O2S/c1-15-13-29(9-10-30(15)20-8-5-18(12-26-20)22(23,24)25)14-17-11-27-28-21(17)16-3-6-19(7-4-16)33(2,31)32/h3-8,11-12,15H,9-10,13-14H2,1-2H3,(H,27,28). The minimum atomic E-state index is -4.40. The second-order valence-electron chi connectivity index (χ2n) is 8.24. The van der Waals surface area contributed by atoms with E-state index in [1.807, 2.05) is 18.0 Å². The summed E-state index contributed by atoms with van der Waals surface area (Å²) in [6.45, 7) is 4.71. The van der Waals surface area contributed by atoms with E-state index in [0.717, 1.165) is 29.1 Å². The number of benzene rings is 1. The van der Waals surface area contributed by atoms with E-state index < -0.39 is 21.6 Å². The van der Waals surface area contributed by atoms with E-state index in [1.165, 1.54) is 12.3 Å². The van der Waals surface area contributed by atoms with Crippen LogP contribution in [-0.4, -0.2) is 60.4 Å². The Balaban J connectivity index is 1.43. The van der Waals surface area contributed by atoms with E-state index in [4.69, 9.17) is 0 Å². The van der Waals surface area contributed by atoms with Crippen LogP contribution >= 0.6 is 0 Å². The predicted octanol–water partition coefficient (Wildman–Crippen LogP) is 3.60. The largest absolute Gasteiger partial charge is 0.417 e. The summed E-state index contributed by atoms with van der Waals surface area (Å²) in [5.74, 6) is 0.533. The molecule has 1 unspecified atom stereocenters. The number of alkyl halides is 3. The average molecular weight is 480 g/mol. The lowest BCUT2D eigenvalue weighted by atomic mass is 10.1. The van der Waals surface area contributed by atoms with Gasteiger partial charge in [-0.2, -0.15) is 18.3 Å². The van der Waals surface area contributed by atoms with Crippen LogP contribution in [0.5, 0.6) is 0 Å². The molecule has 0 bridgehead atoms. The second-order valence-corrected chi connectivity index (χ2v) is 10.3. The van der Waals surface area contributed by atoms with Gasteiger partial charge in [-0.1, -0.05) is 12.1 Å². The van der Waals surface area contributed by atoms with Crippen molar-refractivity contribution in [1.82, 2.24) is 20.1 Å². The molecule has 0 aliphatic carbocycles. The molecule has 0 radical (unpaired) electrons. The molecule has 0 spiro atoms. The molecule has 11 heteroatoms. The van der Waals surface area contributed by atoms with E-state index in [9.17, 15) is 21.6 Å². The molecule has 1 N–H and O–H groups in total. The van der Waals surface area contributed by atoms with Crippen molar-refractivity contribution < 1.29 is 21.6 Å². The van der Waals surface area contributed by atoms with Gasteiger partial charge in [0.25, 0.3) is 0 Å². The molecule has 1 aliphatic rings. The van der Waals surface area contributed by atoms with Gasteiger partial charge in [-0.25, -0.2) is 13.4 Å². The molecule has 1 fully saturated rings. The van der Waals surface area contributed by atoms with Gasteiger partial charge in [0.15, 0.2) is 9.84 Å². The highest BCUT2D eigenvalue weighted by Crippen LogP contribution is 2.30. The molecular weight excluding hydrogens is 455 g/mol. The number of aromatic amines is 1. The zero-order chi connectivity index (χ0) is 23.8. The summed E-state index contributed by atoms with van der Waals surface area (Å²) in [5.41, 5.74) is 1.80. The maximum absolute atomic E-state index is 12.8. The van der Waals surface area contributed by atoms with E-state index in [1.54, 1.807) is 24.3 Å². The number of hydrogen-bond donors (Lipinski definition) is 1. The summed E-state index contributed by atoms with van der Waals surface area (Å²) in [5, 5.41) is 7.23. The zero-order valence-electron chi connectivity index (χ0n) is 18.2. The fourth-order valence-electron chi connectivity index (χ4n) is 4.03. The maximum Gasteiger partial charge on any atom is 0.417 e. The third kappa shape index (κ3) is 5.19. The van der Waals surface area contributed by atoms with Gasteiger partial charge < -0.3 is 4.90 Å². The van der Waals surface area contributed by atoms with Crippen molar-refractivity contribution in [2.24, 2.45) is 0 Å². The number of nitrogens with one attached hydrogen (secondary N) is 1. The molecule has 1 aliphatic heterocycles. The van der Waals surface area contributed by atoms with Crippen LogP contribution in [0.15, 0.2) is 53.7 Å². The molecule has 1 atom stereocenters. The summed E-state index contributed by atoms with van der Waals surface area (Å²) >= 11 is 0. The Morgan fingerprint density at radius 1 is 1.12 bits per heavy atom. The van der Waals surface area contributed by atoms with Gasteiger partial charge in [0, 0.05) is 62.0 Å². The van der Waals surface area contributed by atoms with Gasteiger partial charge >= 0.3 is 6.18 Å². The van der Waals surface area contributed by atoms with Crippen LogP contribution < -0.4 is 4.90 Å². The number of piperazine rings is 1. The summed E-state index contributed by atoms with van der Waals surface area (Å²) in [6.07, 6.45) is -0.526. The number of rotatable bonds is 5. The zero-order valence-corrected chi connectivity index (χ0v) is 19.0. The van der Waals surface area contributed by atoms with Crippen LogP contribution in [0.3, 0.4) is 0 Å². The Bertz CT molecular complexity index is 1210. The smallest absolute Gasteiger partial charge is 0.351 e. The van der Waals surface area contributed by atoms with Gasteiger partial charge in [0.2, 0.25) is 0 Å². The van der Waals surface area contributed by atoms with Crippen LogP contribution in [0, 0.1) is 0 Å². The first-order valence-electron chi connectivity index (χ1n) is 10.4. The molecule has 3 heterocycles. The molecule has 1 saturated heterocycles. The molecule has 7 nitrogen and oxygen atoms in total. The monoisotopic (exact) mass is 479 g/mol. The summed E-state index contributed by atoms with van der Waals surface area (Å²) in [6, 6.07) is 9.17. The normalized spacial score (nSPS) is 18.0. The number of hydrogen-bond acceptors (Lipinski definition) is 6. The molecule has 2 aromatic heterocycles. The number of pyridine rings is 1. The molecule has 3 aromatic rings. The molecule has 0 amide bonds. The molecule has 4 rings (SSSR count). The van der Waals surface area contributed by atoms with Gasteiger partial charge in [-0.3, -0.25) is 10.00 Å². The van der Waals surface area contributed by atoms with Crippen molar-refractivity contribution in [3.05, 3.63) is 59.9 Å². The first-order chi connectivity index (χ1) is 15.5. The topological polar surface area (TPSA) is 82.2 Å².